The van der Waals surface area contributed by atoms with Gasteiger partial charge >= 0.3 is 0 Å². The first kappa shape index (κ1) is 21.3. The zero-order chi connectivity index (χ0) is 20.0. The third kappa shape index (κ3) is 4.82. The molecule has 0 N–H and O–H groups in total. The predicted molar refractivity (Wildman–Crippen MR) is 106 cm³/mol. The maximum Gasteiger partial charge on any atom is 0.177 e. The second-order valence-corrected chi connectivity index (χ2v) is 6.88. The quantitative estimate of drug-likeness (QED) is 0.600. The second kappa shape index (κ2) is 9.77. The van der Waals surface area contributed by atoms with E-state index in [1.54, 1.807) is 28.4 Å². The molecule has 0 saturated heterocycles. The van der Waals surface area contributed by atoms with Gasteiger partial charge in [0.1, 0.15) is 11.5 Å². The van der Waals surface area contributed by atoms with Gasteiger partial charge in [0.2, 0.25) is 0 Å². The second-order valence-electron chi connectivity index (χ2n) is 6.08. The summed E-state index contributed by atoms with van der Waals surface area (Å²) in [6.07, 6.45) is 2.65. The number of ether oxygens (including phenoxy) is 5. The van der Waals surface area contributed by atoms with E-state index >= 15 is 0 Å². The van der Waals surface area contributed by atoms with Crippen LogP contribution in [0, 0.1) is 0 Å². The molecule has 1 aliphatic rings. The van der Waals surface area contributed by atoms with E-state index in [9.17, 15) is 4.79 Å². The van der Waals surface area contributed by atoms with Gasteiger partial charge in [0.15, 0.2) is 17.3 Å². The van der Waals surface area contributed by atoms with Crippen molar-refractivity contribution in [2.45, 2.75) is 24.6 Å². The molecule has 0 saturated carbocycles. The summed E-state index contributed by atoms with van der Waals surface area (Å²) in [5, 5.41) is 0. The van der Waals surface area contributed by atoms with Crippen LogP contribution in [-0.4, -0.2) is 53.1 Å². The molecular weight excluding hydrogens is 367 g/mol. The van der Waals surface area contributed by atoms with Gasteiger partial charge in [-0.05, 0) is 30.2 Å². The van der Waals surface area contributed by atoms with Crippen LogP contribution < -0.4 is 9.47 Å². The summed E-state index contributed by atoms with van der Waals surface area (Å²) in [7, 11) is 10.5. The van der Waals surface area contributed by atoms with Crippen molar-refractivity contribution >= 4 is 15.0 Å². The first-order valence-corrected chi connectivity index (χ1v) is 9.22. The summed E-state index contributed by atoms with van der Waals surface area (Å²) in [6, 6.07) is 5.63. The van der Waals surface area contributed by atoms with Gasteiger partial charge in [0, 0.05) is 19.2 Å². The minimum atomic E-state index is -0.346. The van der Waals surface area contributed by atoms with Gasteiger partial charge in [-0.1, -0.05) is 6.07 Å². The van der Waals surface area contributed by atoms with Crippen LogP contribution in [0.3, 0.4) is 0 Å². The molecule has 6 nitrogen and oxygen atoms in total. The SMILES string of the molecule is COC1=CC(OC)CC(OC)=C1C(=O)C(P)Cc1ccc(OC)c(OC)c1. The Balaban J connectivity index is 2.25. The van der Waals surface area contributed by atoms with Gasteiger partial charge in [-0.25, -0.2) is 0 Å². The Morgan fingerprint density at radius 2 is 1.78 bits per heavy atom. The van der Waals surface area contributed by atoms with E-state index in [1.165, 1.54) is 7.11 Å². The third-order valence-corrected chi connectivity index (χ3v) is 5.04. The molecule has 0 radical (unpaired) electrons. The number of ketones is 1. The predicted octanol–water partition coefficient (Wildman–Crippen LogP) is 2.91. The van der Waals surface area contributed by atoms with Crippen LogP contribution >= 0.6 is 9.24 Å². The molecule has 0 amide bonds. The highest BCUT2D eigenvalue weighted by Crippen LogP contribution is 2.32. The van der Waals surface area contributed by atoms with Crippen molar-refractivity contribution in [3.05, 3.63) is 46.9 Å². The fourth-order valence-corrected chi connectivity index (χ4v) is 3.48. The first-order chi connectivity index (χ1) is 13.0. The fourth-order valence-electron chi connectivity index (χ4n) is 3.04. The summed E-state index contributed by atoms with van der Waals surface area (Å²) in [4.78, 5) is 13.1. The number of carbonyl (C=O) groups excluding carboxylic acids is 1. The maximum absolute atomic E-state index is 13.1. The Kier molecular flexibility index (Phi) is 7.69. The zero-order valence-electron chi connectivity index (χ0n) is 16.4. The molecule has 0 aromatic heterocycles. The molecule has 3 atom stereocenters. The van der Waals surface area contributed by atoms with Crippen LogP contribution in [0.15, 0.2) is 41.4 Å². The van der Waals surface area contributed by atoms with E-state index in [0.29, 0.717) is 41.4 Å². The van der Waals surface area contributed by atoms with Crippen LogP contribution in [0.2, 0.25) is 0 Å². The molecule has 1 aliphatic carbocycles. The lowest BCUT2D eigenvalue weighted by Crippen LogP contribution is -2.27. The molecule has 3 unspecified atom stereocenters. The minimum Gasteiger partial charge on any atom is -0.500 e. The Bertz CT molecular complexity index is 740. The summed E-state index contributed by atoms with van der Waals surface area (Å²) in [5.74, 6) is 2.28. The molecule has 0 spiro atoms. The number of methoxy groups -OCH3 is 5. The topological polar surface area (TPSA) is 63.2 Å². The Labute approximate surface area is 162 Å². The van der Waals surface area contributed by atoms with E-state index < -0.39 is 0 Å². The number of benzene rings is 1. The van der Waals surface area contributed by atoms with Crippen LogP contribution in [0.25, 0.3) is 0 Å². The van der Waals surface area contributed by atoms with Gasteiger partial charge in [-0.15, -0.1) is 9.24 Å². The molecule has 2 rings (SSSR count). The van der Waals surface area contributed by atoms with Crippen molar-refractivity contribution in [1.29, 1.82) is 0 Å². The number of Topliss-reactive ketones (excluding diaryl/α,β-unsaturated/α-hetero) is 1. The van der Waals surface area contributed by atoms with E-state index in [2.05, 4.69) is 9.24 Å². The number of carbonyl (C=O) groups is 1. The zero-order valence-corrected chi connectivity index (χ0v) is 17.6. The molecule has 1 aromatic carbocycles. The third-order valence-electron chi connectivity index (χ3n) is 4.50. The molecule has 148 valence electrons. The lowest BCUT2D eigenvalue weighted by atomic mass is 9.93. The number of allylic oxidation sites excluding steroid dienone is 1. The minimum absolute atomic E-state index is 0.0608. The highest BCUT2D eigenvalue weighted by Gasteiger charge is 2.31. The van der Waals surface area contributed by atoms with Gasteiger partial charge in [0.25, 0.3) is 0 Å². The summed E-state index contributed by atoms with van der Waals surface area (Å²) in [6.45, 7) is 0. The van der Waals surface area contributed by atoms with Crippen molar-refractivity contribution < 1.29 is 28.5 Å². The summed E-state index contributed by atoms with van der Waals surface area (Å²) in [5.41, 5.74) is 1.09. The molecule has 0 bridgehead atoms. The molecule has 0 aliphatic heterocycles. The monoisotopic (exact) mass is 394 g/mol. The Hall–Kier alpha value is -2.04. The highest BCUT2D eigenvalue weighted by molar-refractivity contribution is 7.19. The molecular formula is C20H27O6P. The molecule has 1 aromatic rings. The van der Waals surface area contributed by atoms with E-state index in [1.807, 2.05) is 24.3 Å². The molecule has 27 heavy (non-hydrogen) atoms. The van der Waals surface area contributed by atoms with Crippen molar-refractivity contribution in [3.63, 3.8) is 0 Å². The molecule has 0 fully saturated rings. The van der Waals surface area contributed by atoms with Gasteiger partial charge in [0.05, 0.1) is 40.1 Å². The van der Waals surface area contributed by atoms with Crippen LogP contribution in [-0.2, 0) is 25.4 Å². The smallest absolute Gasteiger partial charge is 0.177 e. The number of hydrogen-bond donors (Lipinski definition) is 0. The van der Waals surface area contributed by atoms with Crippen molar-refractivity contribution in [2.75, 3.05) is 35.5 Å². The summed E-state index contributed by atoms with van der Waals surface area (Å²) < 4.78 is 26.9. The molecule has 0 heterocycles. The maximum atomic E-state index is 13.1. The van der Waals surface area contributed by atoms with Crippen LogP contribution in [0.1, 0.15) is 12.0 Å². The Morgan fingerprint density at radius 3 is 2.33 bits per heavy atom. The average molecular weight is 394 g/mol. The van der Waals surface area contributed by atoms with E-state index in [-0.39, 0.29) is 17.5 Å². The lowest BCUT2D eigenvalue weighted by molar-refractivity contribution is -0.115. The Morgan fingerprint density at radius 1 is 1.07 bits per heavy atom. The lowest BCUT2D eigenvalue weighted by Gasteiger charge is -2.25. The average Bonchev–Trinajstić information content (AvgIpc) is 2.71. The van der Waals surface area contributed by atoms with E-state index in [0.717, 1.165) is 5.56 Å². The normalized spacial score (nSPS) is 17.9. The van der Waals surface area contributed by atoms with Crippen molar-refractivity contribution in [1.82, 2.24) is 0 Å². The van der Waals surface area contributed by atoms with Gasteiger partial charge in [-0.3, -0.25) is 4.79 Å². The summed E-state index contributed by atoms with van der Waals surface area (Å²) >= 11 is 0. The van der Waals surface area contributed by atoms with Crippen LogP contribution in [0.4, 0.5) is 0 Å². The van der Waals surface area contributed by atoms with Crippen molar-refractivity contribution in [2.24, 2.45) is 0 Å². The van der Waals surface area contributed by atoms with Gasteiger partial charge in [-0.2, -0.15) is 0 Å². The van der Waals surface area contributed by atoms with E-state index in [4.69, 9.17) is 23.7 Å². The first-order valence-electron chi connectivity index (χ1n) is 8.55. The largest absolute Gasteiger partial charge is 0.500 e. The standard InChI is InChI=1S/C20H27O6P/c1-22-13-10-16(25-4)19(17(11-13)26-5)20(21)18(27)9-12-6-7-14(23-2)15(8-12)24-3/h6-8,10,13,18H,9,11,27H2,1-5H3. The number of hydrogen-bond acceptors (Lipinski definition) is 6. The fraction of sp³-hybridized carbons (Fsp3) is 0.450. The van der Waals surface area contributed by atoms with Crippen LogP contribution in [0.5, 0.6) is 11.5 Å². The number of rotatable bonds is 9. The molecule has 7 heteroatoms. The van der Waals surface area contributed by atoms with Gasteiger partial charge < -0.3 is 23.7 Å². The van der Waals surface area contributed by atoms with Crippen molar-refractivity contribution in [3.8, 4) is 11.5 Å². The highest BCUT2D eigenvalue weighted by atomic mass is 31.0.